The molecular weight excluding hydrogens is 379 g/mol. The maximum Gasteiger partial charge on any atom is 0.190 e. The van der Waals surface area contributed by atoms with E-state index in [1.54, 1.807) is 20.8 Å². The first-order chi connectivity index (χ1) is 13.4. The number of hydrogen-bond acceptors (Lipinski definition) is 6. The fourth-order valence-electron chi connectivity index (χ4n) is 7.67. The number of halogens is 1. The molecule has 4 aliphatic carbocycles. The molecule has 4 aliphatic rings. The Balaban J connectivity index is 1.85. The van der Waals surface area contributed by atoms with Gasteiger partial charge in [-0.05, 0) is 43.6 Å². The molecule has 9 atom stereocenters. The summed E-state index contributed by atoms with van der Waals surface area (Å²) in [6.45, 7) is 4.23. The van der Waals surface area contributed by atoms with Crippen LogP contribution in [0.1, 0.15) is 52.9 Å². The Morgan fingerprint density at radius 3 is 2.52 bits per heavy atom. The standard InChI is InChI=1S/C22H31FO6/c1-11-6-15-14-5-4-12-7-13(25)8-16(26)20(12,3)21(14,23)17(27)9-19(15,2)22(11,29)18(28)10-24/h7,11,14-17,24,26-27,29H,4-6,8-10H2,1-3H3/t11-,14+,15-,16?,17+,19+,20-,21+,22-/m1/s1. The number of carbonyl (C=O) groups excluding carboxylic acids is 2. The van der Waals surface area contributed by atoms with Gasteiger partial charge in [-0.2, -0.15) is 0 Å². The van der Waals surface area contributed by atoms with Crippen LogP contribution in [0.5, 0.6) is 0 Å². The van der Waals surface area contributed by atoms with Gasteiger partial charge in [0.15, 0.2) is 17.2 Å². The van der Waals surface area contributed by atoms with Gasteiger partial charge >= 0.3 is 0 Å². The predicted octanol–water partition coefficient (Wildman–Crippen LogP) is 1.09. The molecule has 0 amide bonds. The zero-order valence-corrected chi connectivity index (χ0v) is 17.2. The number of Topliss-reactive ketones (excluding diaryl/α,β-unsaturated/α-hetero) is 1. The number of ketones is 2. The second kappa shape index (κ2) is 6.19. The summed E-state index contributed by atoms with van der Waals surface area (Å²) in [5.74, 6) is -2.49. The van der Waals surface area contributed by atoms with Gasteiger partial charge in [-0.15, -0.1) is 0 Å². The molecule has 0 aromatic rings. The van der Waals surface area contributed by atoms with Crippen molar-refractivity contribution in [2.75, 3.05) is 6.61 Å². The molecule has 0 aromatic carbocycles. The third-order valence-corrected chi connectivity index (χ3v) is 9.29. The van der Waals surface area contributed by atoms with Crippen LogP contribution in [0.15, 0.2) is 11.6 Å². The fourth-order valence-corrected chi connectivity index (χ4v) is 7.67. The molecule has 0 spiro atoms. The van der Waals surface area contributed by atoms with Crippen molar-refractivity contribution in [3.63, 3.8) is 0 Å². The minimum Gasteiger partial charge on any atom is -0.392 e. The highest BCUT2D eigenvalue weighted by Crippen LogP contribution is 2.71. The Labute approximate surface area is 169 Å². The second-order valence-electron chi connectivity index (χ2n) is 10.2. The number of hydrogen-bond donors (Lipinski definition) is 4. The largest absolute Gasteiger partial charge is 0.392 e. The van der Waals surface area contributed by atoms with E-state index < -0.39 is 64.5 Å². The number of alkyl halides is 1. The average molecular weight is 410 g/mol. The molecule has 29 heavy (non-hydrogen) atoms. The van der Waals surface area contributed by atoms with Crippen LogP contribution < -0.4 is 0 Å². The molecule has 0 aromatic heterocycles. The highest BCUT2D eigenvalue weighted by molar-refractivity contribution is 5.92. The van der Waals surface area contributed by atoms with Crippen LogP contribution in [0.4, 0.5) is 4.39 Å². The molecule has 0 saturated heterocycles. The van der Waals surface area contributed by atoms with Crippen molar-refractivity contribution < 1.29 is 34.4 Å². The van der Waals surface area contributed by atoms with Crippen molar-refractivity contribution >= 4 is 11.6 Å². The zero-order valence-electron chi connectivity index (χ0n) is 17.2. The van der Waals surface area contributed by atoms with Crippen LogP contribution in [-0.2, 0) is 9.59 Å². The molecule has 0 heterocycles. The van der Waals surface area contributed by atoms with E-state index in [4.69, 9.17) is 0 Å². The van der Waals surface area contributed by atoms with Crippen molar-refractivity contribution in [1.29, 1.82) is 0 Å². The van der Waals surface area contributed by atoms with E-state index >= 15 is 4.39 Å². The van der Waals surface area contributed by atoms with Crippen molar-refractivity contribution in [3.8, 4) is 0 Å². The molecule has 4 rings (SSSR count). The van der Waals surface area contributed by atoms with E-state index in [-0.39, 0.29) is 18.6 Å². The summed E-state index contributed by atoms with van der Waals surface area (Å²) in [6, 6.07) is 0. The van der Waals surface area contributed by atoms with Crippen LogP contribution in [0.25, 0.3) is 0 Å². The van der Waals surface area contributed by atoms with E-state index in [2.05, 4.69) is 0 Å². The minimum atomic E-state index is -2.17. The summed E-state index contributed by atoms with van der Waals surface area (Å²) in [5.41, 5.74) is -5.95. The lowest BCUT2D eigenvalue weighted by atomic mass is 9.43. The van der Waals surface area contributed by atoms with E-state index in [1.165, 1.54) is 6.08 Å². The SMILES string of the molecule is C[C@@H]1C[C@@H]2[C@@H]3CCC4=CC(=O)CC(O)[C@]4(C)[C@@]3(F)[C@@H](O)C[C@]2(C)[C@]1(O)C(=O)CO. The Hall–Kier alpha value is -1.15. The third kappa shape index (κ3) is 2.20. The van der Waals surface area contributed by atoms with E-state index in [0.717, 1.165) is 0 Å². The molecule has 6 nitrogen and oxygen atoms in total. The fraction of sp³-hybridized carbons (Fsp3) is 0.818. The normalized spacial score (nSPS) is 54.3. The zero-order chi connectivity index (χ0) is 21.6. The van der Waals surface area contributed by atoms with Gasteiger partial charge in [-0.3, -0.25) is 9.59 Å². The number of rotatable bonds is 2. The van der Waals surface area contributed by atoms with Crippen molar-refractivity contribution in [2.24, 2.45) is 28.6 Å². The Morgan fingerprint density at radius 1 is 1.24 bits per heavy atom. The van der Waals surface area contributed by atoms with Crippen LogP contribution in [-0.4, -0.2) is 62.1 Å². The summed E-state index contributed by atoms with van der Waals surface area (Å²) in [7, 11) is 0. The number of aliphatic hydroxyl groups excluding tert-OH is 3. The monoisotopic (exact) mass is 410 g/mol. The summed E-state index contributed by atoms with van der Waals surface area (Å²) < 4.78 is 17.0. The van der Waals surface area contributed by atoms with E-state index in [9.17, 15) is 30.0 Å². The highest BCUT2D eigenvalue weighted by atomic mass is 19.1. The quantitative estimate of drug-likeness (QED) is 0.542. The number of fused-ring (bicyclic) bond motifs is 5. The van der Waals surface area contributed by atoms with Gasteiger partial charge in [0.05, 0.1) is 17.6 Å². The van der Waals surface area contributed by atoms with Crippen molar-refractivity contribution in [2.45, 2.75) is 76.4 Å². The highest BCUT2D eigenvalue weighted by Gasteiger charge is 2.76. The molecular formula is C22H31FO6. The van der Waals surface area contributed by atoms with Crippen LogP contribution in [0.2, 0.25) is 0 Å². The molecule has 0 bridgehead atoms. The van der Waals surface area contributed by atoms with Gasteiger partial charge in [0.25, 0.3) is 0 Å². The van der Waals surface area contributed by atoms with E-state index in [0.29, 0.717) is 24.8 Å². The van der Waals surface area contributed by atoms with E-state index in [1.807, 2.05) is 0 Å². The Bertz CT molecular complexity index is 796. The maximum atomic E-state index is 17.0. The van der Waals surface area contributed by atoms with Gasteiger partial charge in [0.2, 0.25) is 0 Å². The first kappa shape index (κ1) is 21.1. The van der Waals surface area contributed by atoms with Crippen molar-refractivity contribution in [3.05, 3.63) is 11.6 Å². The lowest BCUT2D eigenvalue weighted by molar-refractivity contribution is -0.242. The van der Waals surface area contributed by atoms with Crippen LogP contribution in [0, 0.1) is 28.6 Å². The molecule has 7 heteroatoms. The summed E-state index contributed by atoms with van der Waals surface area (Å²) >= 11 is 0. The molecule has 3 fully saturated rings. The summed E-state index contributed by atoms with van der Waals surface area (Å²) in [6.07, 6.45) is -0.482. The molecule has 3 saturated carbocycles. The third-order valence-electron chi connectivity index (χ3n) is 9.29. The smallest absolute Gasteiger partial charge is 0.190 e. The van der Waals surface area contributed by atoms with Gasteiger partial charge in [0, 0.05) is 17.8 Å². The Morgan fingerprint density at radius 2 is 1.90 bits per heavy atom. The molecule has 4 N–H and O–H groups in total. The maximum absolute atomic E-state index is 17.0. The second-order valence-corrected chi connectivity index (χ2v) is 10.2. The van der Waals surface area contributed by atoms with Crippen molar-refractivity contribution in [1.82, 2.24) is 0 Å². The first-order valence-corrected chi connectivity index (χ1v) is 10.5. The molecule has 0 aliphatic heterocycles. The first-order valence-electron chi connectivity index (χ1n) is 10.5. The van der Waals surface area contributed by atoms with Gasteiger partial charge in [-0.1, -0.05) is 26.3 Å². The Kier molecular flexibility index (Phi) is 4.50. The lowest BCUT2D eigenvalue weighted by Crippen LogP contribution is -2.72. The van der Waals surface area contributed by atoms with Gasteiger partial charge < -0.3 is 20.4 Å². The number of carbonyl (C=O) groups is 2. The van der Waals surface area contributed by atoms with Crippen LogP contribution in [0.3, 0.4) is 0 Å². The minimum absolute atomic E-state index is 0.152. The molecule has 162 valence electrons. The molecule has 1 unspecified atom stereocenters. The number of aliphatic hydroxyl groups is 4. The topological polar surface area (TPSA) is 115 Å². The lowest BCUT2D eigenvalue weighted by Gasteiger charge is -2.64. The summed E-state index contributed by atoms with van der Waals surface area (Å²) in [4.78, 5) is 24.5. The van der Waals surface area contributed by atoms with Gasteiger partial charge in [-0.25, -0.2) is 4.39 Å². The van der Waals surface area contributed by atoms with Crippen LogP contribution >= 0.6 is 0 Å². The summed E-state index contributed by atoms with van der Waals surface area (Å²) in [5, 5.41) is 42.8. The predicted molar refractivity (Wildman–Crippen MR) is 101 cm³/mol. The molecule has 0 radical (unpaired) electrons. The van der Waals surface area contributed by atoms with Gasteiger partial charge in [0.1, 0.15) is 12.2 Å². The average Bonchev–Trinajstić information content (AvgIpc) is 2.85.